The van der Waals surface area contributed by atoms with Gasteiger partial charge in [-0.3, -0.25) is 9.59 Å². The Morgan fingerprint density at radius 1 is 1.22 bits per heavy atom. The van der Waals surface area contributed by atoms with Gasteiger partial charge in [-0.25, -0.2) is 4.79 Å². The molecule has 41 heavy (non-hydrogen) atoms. The normalized spacial score (nSPS) is 39.0. The summed E-state index contributed by atoms with van der Waals surface area (Å²) in [5.41, 5.74) is -4.36. The van der Waals surface area contributed by atoms with Gasteiger partial charge in [0.15, 0.2) is 6.10 Å². The molecule has 1 aromatic rings. The van der Waals surface area contributed by atoms with E-state index in [1.807, 2.05) is 0 Å². The molecule has 0 aromatic carbocycles. The van der Waals surface area contributed by atoms with Crippen molar-refractivity contribution in [3.8, 4) is 0 Å². The molecule has 9 nitrogen and oxygen atoms in total. The maximum Gasteiger partial charge on any atom is 0.336 e. The monoisotopic (exact) mass is 801 g/mol. The number of ether oxygens (including phenoxy) is 3. The predicted octanol–water partition coefficient (Wildman–Crippen LogP) is 2.74. The molecule has 0 unspecified atom stereocenters. The summed E-state index contributed by atoms with van der Waals surface area (Å²) in [5.74, 6) is -3.74. The average molecular weight is 802 g/mol. The molecule has 2 bridgehead atoms. The van der Waals surface area contributed by atoms with Gasteiger partial charge in [0.25, 0.3) is 0 Å². The number of carbonyl (C=O) groups excluding carboxylic acids is 3. The first-order valence-corrected chi connectivity index (χ1v) is 14.6. The molecule has 3 fully saturated rings. The number of thiophene rings is 1. The Bertz CT molecular complexity index is 1240. The van der Waals surface area contributed by atoms with Gasteiger partial charge in [-0.15, -0.1) is 11.3 Å². The Morgan fingerprint density at radius 3 is 2.46 bits per heavy atom. The van der Waals surface area contributed by atoms with E-state index in [9.17, 15) is 29.7 Å². The molecule has 2 heterocycles. The predicted molar refractivity (Wildman–Crippen MR) is 144 cm³/mol. The molecule has 3 N–H and O–H groups in total. The van der Waals surface area contributed by atoms with E-state index in [0.29, 0.717) is 28.9 Å². The summed E-state index contributed by atoms with van der Waals surface area (Å²) in [4.78, 5) is 40.4. The number of rotatable bonds is 5. The van der Waals surface area contributed by atoms with Crippen molar-refractivity contribution in [1.29, 1.82) is 0 Å². The Hall–Kier alpha value is -0.668. The summed E-state index contributed by atoms with van der Waals surface area (Å²) in [6, 6.07) is 3.47. The van der Waals surface area contributed by atoms with E-state index in [1.54, 1.807) is 45.2 Å². The molecule has 0 amide bonds. The molecular formula is C30H38AcO9S. The molecule has 1 saturated heterocycles. The van der Waals surface area contributed by atoms with Crippen molar-refractivity contribution >= 4 is 29.1 Å². The average Bonchev–Trinajstić information content (AvgIpc) is 3.41. The summed E-state index contributed by atoms with van der Waals surface area (Å²) >= 11 is 1.30. The SMILES string of the molecule is [Ac].[CH][C@@H](c1cccs1)[C@@H](O)C(=O)O[C@H]1C[C@@]2(O)[C@@H](OC(C)=O)[C@@H]3[C@]4(O)CO[C@@H]4CC[C@@]3(C)C(=O)CC(=C1C)C2(C)C. The first kappa shape index (κ1) is 33.2. The number of hydrogen-bond donors (Lipinski definition) is 3. The number of esters is 2. The van der Waals surface area contributed by atoms with Gasteiger partial charge < -0.3 is 29.5 Å². The van der Waals surface area contributed by atoms with Crippen molar-refractivity contribution in [2.45, 2.75) is 102 Å². The van der Waals surface area contributed by atoms with Crippen LogP contribution in [0.1, 0.15) is 71.1 Å². The van der Waals surface area contributed by atoms with Crippen molar-refractivity contribution < 1.29 is 88.0 Å². The smallest absolute Gasteiger partial charge is 0.336 e. The van der Waals surface area contributed by atoms with Crippen molar-refractivity contribution in [2.24, 2.45) is 16.7 Å². The van der Waals surface area contributed by atoms with E-state index in [1.165, 1.54) is 18.3 Å². The van der Waals surface area contributed by atoms with Crippen LogP contribution in [0.4, 0.5) is 0 Å². The van der Waals surface area contributed by atoms with Crippen molar-refractivity contribution in [3.05, 3.63) is 40.5 Å². The van der Waals surface area contributed by atoms with Gasteiger partial charge >= 0.3 is 11.9 Å². The minimum atomic E-state index is -1.85. The van der Waals surface area contributed by atoms with Gasteiger partial charge in [0.05, 0.1) is 12.7 Å². The fourth-order valence-electron chi connectivity index (χ4n) is 7.62. The zero-order chi connectivity index (χ0) is 29.4. The van der Waals surface area contributed by atoms with Gasteiger partial charge in [0, 0.05) is 91.4 Å². The minimum Gasteiger partial charge on any atom is -0.459 e. The molecule has 4 aliphatic rings. The van der Waals surface area contributed by atoms with E-state index < -0.39 is 70.2 Å². The first-order valence-electron chi connectivity index (χ1n) is 13.7. The number of aliphatic hydroxyl groups is 3. The summed E-state index contributed by atoms with van der Waals surface area (Å²) in [6.07, 6.45) is -3.91. The van der Waals surface area contributed by atoms with Gasteiger partial charge in [-0.05, 0) is 43.7 Å². The fourth-order valence-corrected chi connectivity index (χ4v) is 8.38. The molecule has 3 radical (unpaired) electrons. The summed E-state index contributed by atoms with van der Waals surface area (Å²) < 4.78 is 17.3. The zero-order valence-electron chi connectivity index (χ0n) is 24.1. The molecule has 0 spiro atoms. The number of ketones is 1. The third-order valence-electron chi connectivity index (χ3n) is 10.3. The van der Waals surface area contributed by atoms with Crippen LogP contribution in [0, 0.1) is 67.7 Å². The number of carbonyl (C=O) groups is 3. The standard InChI is InChI=1S/C30H38O9S.Ac/c1-15-18-12-21(32)28(6)10-9-22-29(35,14-37-22)24(28)25(38-17(3)31)30(36,27(18,4)5)13-19(15)39-26(34)23(33)16(2)20-8-7-11-40-20;/h2,7-8,11,16,19,22-25,33,35-36H,9-10,12-14H2,1,3-6H3;/t16-,19-,22+,23+,24-,25-,28-,29-,30+;/m0./s1. The van der Waals surface area contributed by atoms with Crippen molar-refractivity contribution in [1.82, 2.24) is 0 Å². The Labute approximate surface area is 280 Å². The van der Waals surface area contributed by atoms with Crippen LogP contribution in [0.25, 0.3) is 0 Å². The first-order chi connectivity index (χ1) is 18.6. The summed E-state index contributed by atoms with van der Waals surface area (Å²) in [6.45, 7) is 14.4. The Kier molecular flexibility index (Phi) is 9.21. The number of aliphatic hydroxyl groups excluding tert-OH is 1. The maximum atomic E-state index is 14.1. The quantitative estimate of drug-likeness (QED) is 0.303. The molecule has 11 heteroatoms. The topological polar surface area (TPSA) is 140 Å². The maximum absolute atomic E-state index is 14.1. The van der Waals surface area contributed by atoms with E-state index in [4.69, 9.17) is 21.1 Å². The van der Waals surface area contributed by atoms with Crippen LogP contribution >= 0.6 is 11.3 Å². The third kappa shape index (κ3) is 5.04. The molecule has 3 aliphatic carbocycles. The van der Waals surface area contributed by atoms with Crippen LogP contribution in [-0.4, -0.2) is 75.3 Å². The van der Waals surface area contributed by atoms with Crippen LogP contribution in [0.3, 0.4) is 0 Å². The van der Waals surface area contributed by atoms with E-state index >= 15 is 0 Å². The zero-order valence-corrected chi connectivity index (χ0v) is 29.6. The van der Waals surface area contributed by atoms with Crippen molar-refractivity contribution in [2.75, 3.05) is 6.61 Å². The van der Waals surface area contributed by atoms with Crippen LogP contribution in [-0.2, 0) is 28.6 Å². The minimum absolute atomic E-state index is 0. The molecule has 1 aliphatic heterocycles. The third-order valence-corrected chi connectivity index (χ3v) is 11.2. The number of hydrogen-bond acceptors (Lipinski definition) is 10. The van der Waals surface area contributed by atoms with Crippen LogP contribution < -0.4 is 0 Å². The van der Waals surface area contributed by atoms with Gasteiger partial charge in [0.1, 0.15) is 29.2 Å². The second kappa shape index (κ2) is 11.4. The fraction of sp³-hybridized carbons (Fsp3) is 0.667. The van der Waals surface area contributed by atoms with E-state index in [2.05, 4.69) is 0 Å². The number of fused-ring (bicyclic) bond motifs is 5. The summed E-state index contributed by atoms with van der Waals surface area (Å²) in [7, 11) is 0. The number of Topliss-reactive ketones (excluding diaryl/α,β-unsaturated/α-hetero) is 1. The van der Waals surface area contributed by atoms with Crippen molar-refractivity contribution in [3.63, 3.8) is 0 Å². The van der Waals surface area contributed by atoms with Crippen LogP contribution in [0.15, 0.2) is 28.7 Å². The molecule has 5 rings (SSSR count). The molecule has 1 aromatic heterocycles. The van der Waals surface area contributed by atoms with Crippen LogP contribution in [0.2, 0.25) is 0 Å². The van der Waals surface area contributed by atoms with Gasteiger partial charge in [-0.2, -0.15) is 0 Å². The van der Waals surface area contributed by atoms with Crippen LogP contribution in [0.5, 0.6) is 0 Å². The molecule has 221 valence electrons. The molecule has 9 atom stereocenters. The largest absolute Gasteiger partial charge is 0.459 e. The van der Waals surface area contributed by atoms with Gasteiger partial charge in [0.2, 0.25) is 0 Å². The Morgan fingerprint density at radius 2 is 1.90 bits per heavy atom. The molecule has 2 saturated carbocycles. The second-order valence-corrected chi connectivity index (χ2v) is 13.7. The van der Waals surface area contributed by atoms with Gasteiger partial charge in [-0.1, -0.05) is 32.4 Å². The van der Waals surface area contributed by atoms with E-state index in [0.717, 1.165) is 0 Å². The van der Waals surface area contributed by atoms with E-state index in [-0.39, 0.29) is 69.3 Å². The summed E-state index contributed by atoms with van der Waals surface area (Å²) in [5, 5.41) is 37.0. The Balaban J connectivity index is 0.00000387. The molecular weight excluding hydrogens is 763 g/mol. The second-order valence-electron chi connectivity index (χ2n) is 12.7.